The lowest BCUT2D eigenvalue weighted by Crippen LogP contribution is -1.99. The maximum atomic E-state index is 6.82. The zero-order valence-electron chi connectivity index (χ0n) is 6.92. The minimum Gasteiger partial charge on any atom is -0.314 e. The molecule has 0 spiro atoms. The van der Waals surface area contributed by atoms with Gasteiger partial charge in [0, 0.05) is 17.8 Å². The Hall–Kier alpha value is -0.810. The van der Waals surface area contributed by atoms with Crippen LogP contribution in [0.1, 0.15) is 12.5 Å². The molecule has 62 valence electrons. The molecule has 0 aliphatic heterocycles. The van der Waals surface area contributed by atoms with Crippen molar-refractivity contribution in [3.63, 3.8) is 0 Å². The average molecular weight is 224 g/mol. The molecule has 0 radical (unpaired) electrons. The summed E-state index contributed by atoms with van der Waals surface area (Å²) in [6.07, 6.45) is 0.844. The first-order valence-corrected chi connectivity index (χ1v) is 4.62. The van der Waals surface area contributed by atoms with Gasteiger partial charge in [0.15, 0.2) is 0 Å². The van der Waals surface area contributed by atoms with Crippen LogP contribution in [0.5, 0.6) is 0 Å². The van der Waals surface area contributed by atoms with Crippen LogP contribution in [-0.2, 0) is 6.42 Å². The van der Waals surface area contributed by atoms with Crippen LogP contribution in [0.3, 0.4) is 0 Å². The van der Waals surface area contributed by atoms with Crippen molar-refractivity contribution in [2.24, 2.45) is 0 Å². The molecule has 0 N–H and O–H groups in total. The predicted octanol–water partition coefficient (Wildman–Crippen LogP) is 3.30. The highest BCUT2D eigenvalue weighted by molar-refractivity contribution is 9.10. The fourth-order valence-corrected chi connectivity index (χ4v) is 1.27. The van der Waals surface area contributed by atoms with Crippen LogP contribution in [-0.4, -0.2) is 6.04 Å². The SMILES string of the molecule is [C-]#[N+]C(C)Cc1ccc(Br)cc1. The van der Waals surface area contributed by atoms with Gasteiger partial charge in [-0.3, -0.25) is 0 Å². The molecular formula is C10H10BrN. The van der Waals surface area contributed by atoms with E-state index in [0.717, 1.165) is 10.9 Å². The van der Waals surface area contributed by atoms with Crippen LogP contribution >= 0.6 is 15.9 Å². The first kappa shape index (κ1) is 9.28. The quantitative estimate of drug-likeness (QED) is 0.679. The van der Waals surface area contributed by atoms with Crippen LogP contribution in [0.25, 0.3) is 4.85 Å². The molecule has 0 saturated carbocycles. The molecule has 0 bridgehead atoms. The lowest BCUT2D eigenvalue weighted by atomic mass is 10.1. The Labute approximate surface area is 81.4 Å². The van der Waals surface area contributed by atoms with Crippen molar-refractivity contribution in [2.45, 2.75) is 19.4 Å². The number of hydrogen-bond donors (Lipinski definition) is 0. The Morgan fingerprint density at radius 2 is 2.00 bits per heavy atom. The topological polar surface area (TPSA) is 4.36 Å². The van der Waals surface area contributed by atoms with E-state index >= 15 is 0 Å². The summed E-state index contributed by atoms with van der Waals surface area (Å²) in [7, 11) is 0. The lowest BCUT2D eigenvalue weighted by molar-refractivity contribution is 0.844. The maximum Gasteiger partial charge on any atom is 0.225 e. The zero-order chi connectivity index (χ0) is 8.97. The van der Waals surface area contributed by atoms with Crippen molar-refractivity contribution in [3.05, 3.63) is 45.7 Å². The number of benzene rings is 1. The molecule has 2 heteroatoms. The van der Waals surface area contributed by atoms with Crippen molar-refractivity contribution >= 4 is 15.9 Å². The summed E-state index contributed by atoms with van der Waals surface area (Å²) in [4.78, 5) is 3.44. The summed E-state index contributed by atoms with van der Waals surface area (Å²) in [5.74, 6) is 0. The highest BCUT2D eigenvalue weighted by atomic mass is 79.9. The largest absolute Gasteiger partial charge is 0.314 e. The fourth-order valence-electron chi connectivity index (χ4n) is 1.01. The van der Waals surface area contributed by atoms with Gasteiger partial charge in [-0.05, 0) is 17.7 Å². The van der Waals surface area contributed by atoms with E-state index in [1.54, 1.807) is 0 Å². The summed E-state index contributed by atoms with van der Waals surface area (Å²) >= 11 is 3.37. The van der Waals surface area contributed by atoms with Crippen LogP contribution < -0.4 is 0 Å². The number of rotatable bonds is 2. The Balaban J connectivity index is 2.66. The van der Waals surface area contributed by atoms with E-state index < -0.39 is 0 Å². The van der Waals surface area contributed by atoms with Gasteiger partial charge in [-0.15, -0.1) is 0 Å². The minimum absolute atomic E-state index is 0.0891. The molecule has 0 aliphatic carbocycles. The molecule has 1 atom stereocenters. The van der Waals surface area contributed by atoms with Crippen molar-refractivity contribution < 1.29 is 0 Å². The highest BCUT2D eigenvalue weighted by Crippen LogP contribution is 2.12. The summed E-state index contributed by atoms with van der Waals surface area (Å²) in [6.45, 7) is 8.76. The molecule has 1 unspecified atom stereocenters. The van der Waals surface area contributed by atoms with Gasteiger partial charge in [0.2, 0.25) is 6.04 Å². The van der Waals surface area contributed by atoms with Gasteiger partial charge in [-0.2, -0.15) is 0 Å². The molecular weight excluding hydrogens is 214 g/mol. The van der Waals surface area contributed by atoms with E-state index in [4.69, 9.17) is 6.57 Å². The molecule has 0 heterocycles. The molecule has 1 aromatic rings. The fraction of sp³-hybridized carbons (Fsp3) is 0.300. The maximum absolute atomic E-state index is 6.82. The predicted molar refractivity (Wildman–Crippen MR) is 53.9 cm³/mol. The van der Waals surface area contributed by atoms with Gasteiger partial charge in [0.25, 0.3) is 0 Å². The van der Waals surface area contributed by atoms with Crippen LogP contribution in [0, 0.1) is 6.57 Å². The molecule has 0 saturated heterocycles. The third-order valence-corrected chi connectivity index (χ3v) is 2.19. The Kier molecular flexibility index (Phi) is 3.31. The van der Waals surface area contributed by atoms with E-state index in [-0.39, 0.29) is 6.04 Å². The van der Waals surface area contributed by atoms with Crippen molar-refractivity contribution in [3.8, 4) is 0 Å². The normalized spacial score (nSPS) is 12.1. The van der Waals surface area contributed by atoms with Crippen molar-refractivity contribution in [1.82, 2.24) is 0 Å². The molecule has 1 aromatic carbocycles. The van der Waals surface area contributed by atoms with Crippen molar-refractivity contribution in [2.75, 3.05) is 0 Å². The van der Waals surface area contributed by atoms with E-state index in [9.17, 15) is 0 Å². The molecule has 0 aliphatic rings. The van der Waals surface area contributed by atoms with E-state index in [1.165, 1.54) is 5.56 Å². The monoisotopic (exact) mass is 223 g/mol. The van der Waals surface area contributed by atoms with Gasteiger partial charge >= 0.3 is 0 Å². The Morgan fingerprint density at radius 3 is 2.50 bits per heavy atom. The van der Waals surface area contributed by atoms with E-state index in [0.29, 0.717) is 0 Å². The summed E-state index contributed by atoms with van der Waals surface area (Å²) in [5, 5.41) is 0. The summed E-state index contributed by atoms with van der Waals surface area (Å²) in [5.41, 5.74) is 1.22. The standard InChI is InChI=1S/C10H10BrN/c1-8(12-2)7-9-3-5-10(11)6-4-9/h3-6,8H,7H2,1H3. The zero-order valence-corrected chi connectivity index (χ0v) is 8.51. The van der Waals surface area contributed by atoms with Crippen molar-refractivity contribution in [1.29, 1.82) is 0 Å². The number of nitrogens with zero attached hydrogens (tertiary/aromatic N) is 1. The second-order valence-corrected chi connectivity index (χ2v) is 3.72. The first-order chi connectivity index (χ1) is 5.72. The van der Waals surface area contributed by atoms with Crippen LogP contribution in [0.15, 0.2) is 28.7 Å². The minimum atomic E-state index is 0.0891. The molecule has 0 fully saturated rings. The highest BCUT2D eigenvalue weighted by Gasteiger charge is 2.04. The number of hydrogen-bond acceptors (Lipinski definition) is 0. The second-order valence-electron chi connectivity index (χ2n) is 2.81. The van der Waals surface area contributed by atoms with Gasteiger partial charge in [0.1, 0.15) is 0 Å². The van der Waals surface area contributed by atoms with Gasteiger partial charge < -0.3 is 4.85 Å². The van der Waals surface area contributed by atoms with Gasteiger partial charge in [0.05, 0.1) is 0 Å². The van der Waals surface area contributed by atoms with Crippen LogP contribution in [0.2, 0.25) is 0 Å². The van der Waals surface area contributed by atoms with Crippen LogP contribution in [0.4, 0.5) is 0 Å². The smallest absolute Gasteiger partial charge is 0.225 e. The molecule has 0 aromatic heterocycles. The van der Waals surface area contributed by atoms with Gasteiger partial charge in [-0.1, -0.05) is 28.1 Å². The molecule has 1 nitrogen and oxygen atoms in total. The van der Waals surface area contributed by atoms with E-state index in [1.807, 2.05) is 31.2 Å². The molecule has 0 amide bonds. The third-order valence-electron chi connectivity index (χ3n) is 1.66. The van der Waals surface area contributed by atoms with E-state index in [2.05, 4.69) is 20.8 Å². The molecule has 12 heavy (non-hydrogen) atoms. The molecule has 1 rings (SSSR count). The first-order valence-electron chi connectivity index (χ1n) is 3.83. The number of halogens is 1. The summed E-state index contributed by atoms with van der Waals surface area (Å²) in [6, 6.07) is 8.20. The summed E-state index contributed by atoms with van der Waals surface area (Å²) < 4.78 is 1.08. The second kappa shape index (κ2) is 4.27. The average Bonchev–Trinajstić information content (AvgIpc) is 2.09. The lowest BCUT2D eigenvalue weighted by Gasteiger charge is -1.99. The van der Waals surface area contributed by atoms with Gasteiger partial charge in [-0.25, -0.2) is 6.57 Å². The third kappa shape index (κ3) is 2.67. The Bertz CT molecular complexity index is 284. The Morgan fingerprint density at radius 1 is 1.42 bits per heavy atom.